The summed E-state index contributed by atoms with van der Waals surface area (Å²) < 4.78 is 0. The standard InChI is InChI=1S/C14H13NO4/c1-7-4-8(2)11-10(5-7)15(13(17)12(11)16)6-9(3)14(18)19/h4-5H,3,6H2,1-2H3,(H,18,19). The van der Waals surface area contributed by atoms with Crippen LogP contribution in [0.15, 0.2) is 24.3 Å². The van der Waals surface area contributed by atoms with Gasteiger partial charge >= 0.3 is 5.97 Å². The number of carbonyl (C=O) groups is 3. The van der Waals surface area contributed by atoms with E-state index in [1.807, 2.05) is 13.0 Å². The Kier molecular flexibility index (Phi) is 2.98. The van der Waals surface area contributed by atoms with Crippen molar-refractivity contribution in [2.75, 3.05) is 11.4 Å². The van der Waals surface area contributed by atoms with Crippen LogP contribution in [0.2, 0.25) is 0 Å². The van der Waals surface area contributed by atoms with Gasteiger partial charge in [-0.15, -0.1) is 0 Å². The van der Waals surface area contributed by atoms with Gasteiger partial charge in [0.1, 0.15) is 0 Å². The van der Waals surface area contributed by atoms with Crippen LogP contribution in [0.3, 0.4) is 0 Å². The maximum Gasteiger partial charge on any atom is 0.332 e. The molecule has 1 aromatic rings. The van der Waals surface area contributed by atoms with Crippen molar-refractivity contribution in [1.29, 1.82) is 0 Å². The van der Waals surface area contributed by atoms with Crippen molar-refractivity contribution in [1.82, 2.24) is 0 Å². The molecule has 1 aliphatic heterocycles. The number of benzene rings is 1. The first-order valence-electron chi connectivity index (χ1n) is 5.71. The lowest BCUT2D eigenvalue weighted by molar-refractivity contribution is -0.132. The van der Waals surface area contributed by atoms with Crippen LogP contribution in [0.5, 0.6) is 0 Å². The summed E-state index contributed by atoms with van der Waals surface area (Å²) in [4.78, 5) is 35.8. The molecule has 1 N–H and O–H groups in total. The van der Waals surface area contributed by atoms with Crippen molar-refractivity contribution in [2.45, 2.75) is 13.8 Å². The molecule has 19 heavy (non-hydrogen) atoms. The number of aliphatic carboxylic acids is 1. The SMILES string of the molecule is C=C(CN1C(=O)C(=O)c2c(C)cc(C)cc21)C(=O)O. The third kappa shape index (κ3) is 2.03. The summed E-state index contributed by atoms with van der Waals surface area (Å²) in [5, 5.41) is 8.83. The third-order valence-corrected chi connectivity index (χ3v) is 3.07. The maximum atomic E-state index is 11.9. The molecular weight excluding hydrogens is 246 g/mol. The largest absolute Gasteiger partial charge is 0.478 e. The van der Waals surface area contributed by atoms with Gasteiger partial charge in [0.05, 0.1) is 17.8 Å². The van der Waals surface area contributed by atoms with E-state index in [1.165, 1.54) is 4.90 Å². The van der Waals surface area contributed by atoms with Crippen LogP contribution in [-0.2, 0) is 9.59 Å². The van der Waals surface area contributed by atoms with Crippen molar-refractivity contribution >= 4 is 23.3 Å². The van der Waals surface area contributed by atoms with Crippen LogP contribution in [0.25, 0.3) is 0 Å². The molecular formula is C14H13NO4. The highest BCUT2D eigenvalue weighted by Crippen LogP contribution is 2.33. The van der Waals surface area contributed by atoms with Crippen molar-refractivity contribution in [3.8, 4) is 0 Å². The zero-order chi connectivity index (χ0) is 14.3. The zero-order valence-corrected chi connectivity index (χ0v) is 10.7. The molecule has 1 aromatic carbocycles. The number of fused-ring (bicyclic) bond motifs is 1. The molecule has 0 unspecified atom stereocenters. The van der Waals surface area contributed by atoms with E-state index in [2.05, 4.69) is 6.58 Å². The van der Waals surface area contributed by atoms with E-state index in [0.717, 1.165) is 11.1 Å². The van der Waals surface area contributed by atoms with Crippen molar-refractivity contribution < 1.29 is 19.5 Å². The first kappa shape index (κ1) is 13.0. The van der Waals surface area contributed by atoms with Crippen molar-refractivity contribution in [3.05, 3.63) is 41.0 Å². The molecule has 5 heteroatoms. The fourth-order valence-electron chi connectivity index (χ4n) is 2.21. The van der Waals surface area contributed by atoms with E-state index in [0.29, 0.717) is 11.3 Å². The summed E-state index contributed by atoms with van der Waals surface area (Å²) in [5.41, 5.74) is 2.32. The van der Waals surface area contributed by atoms with Gasteiger partial charge in [0.25, 0.3) is 11.7 Å². The van der Waals surface area contributed by atoms with Gasteiger partial charge in [0.2, 0.25) is 0 Å². The number of nitrogens with zero attached hydrogens (tertiary/aromatic N) is 1. The number of hydrogen-bond donors (Lipinski definition) is 1. The topological polar surface area (TPSA) is 74.7 Å². The van der Waals surface area contributed by atoms with E-state index in [4.69, 9.17) is 5.11 Å². The summed E-state index contributed by atoms with van der Waals surface area (Å²) in [6, 6.07) is 3.53. The average molecular weight is 259 g/mol. The molecule has 0 saturated carbocycles. The number of amides is 1. The Hall–Kier alpha value is -2.43. The number of Topliss-reactive ketones (excluding diaryl/α,β-unsaturated/α-hetero) is 1. The number of hydrogen-bond acceptors (Lipinski definition) is 3. The molecule has 0 spiro atoms. The van der Waals surface area contributed by atoms with Gasteiger partial charge in [0, 0.05) is 5.57 Å². The van der Waals surface area contributed by atoms with Crippen LogP contribution in [-0.4, -0.2) is 29.3 Å². The minimum absolute atomic E-state index is 0.131. The zero-order valence-electron chi connectivity index (χ0n) is 10.7. The summed E-state index contributed by atoms with van der Waals surface area (Å²) in [7, 11) is 0. The van der Waals surface area contributed by atoms with Crippen LogP contribution < -0.4 is 4.90 Å². The molecule has 0 radical (unpaired) electrons. The van der Waals surface area contributed by atoms with Gasteiger partial charge in [-0.25, -0.2) is 4.79 Å². The second-order valence-corrected chi connectivity index (χ2v) is 4.61. The van der Waals surface area contributed by atoms with Gasteiger partial charge in [-0.05, 0) is 31.0 Å². The highest BCUT2D eigenvalue weighted by molar-refractivity contribution is 6.52. The number of carbonyl (C=O) groups excluding carboxylic acids is 2. The summed E-state index contributed by atoms with van der Waals surface area (Å²) >= 11 is 0. The second kappa shape index (κ2) is 4.35. The molecule has 1 aliphatic rings. The quantitative estimate of drug-likeness (QED) is 0.659. The minimum atomic E-state index is -1.18. The molecule has 0 bridgehead atoms. The van der Waals surface area contributed by atoms with Crippen LogP contribution in [0.1, 0.15) is 21.5 Å². The lowest BCUT2D eigenvalue weighted by Crippen LogP contribution is -2.32. The maximum absolute atomic E-state index is 11.9. The second-order valence-electron chi connectivity index (χ2n) is 4.61. The van der Waals surface area contributed by atoms with Crippen LogP contribution >= 0.6 is 0 Å². The highest BCUT2D eigenvalue weighted by atomic mass is 16.4. The van der Waals surface area contributed by atoms with E-state index in [1.54, 1.807) is 13.0 Å². The summed E-state index contributed by atoms with van der Waals surface area (Å²) in [6.45, 7) is 6.81. The molecule has 0 aliphatic carbocycles. The predicted molar refractivity (Wildman–Crippen MR) is 69.4 cm³/mol. The van der Waals surface area contributed by atoms with Crippen molar-refractivity contribution in [2.24, 2.45) is 0 Å². The number of anilines is 1. The molecule has 1 heterocycles. The summed E-state index contributed by atoms with van der Waals surface area (Å²) in [5.74, 6) is -2.48. The number of rotatable bonds is 3. The first-order valence-corrected chi connectivity index (χ1v) is 5.71. The van der Waals surface area contributed by atoms with Gasteiger partial charge in [0.15, 0.2) is 0 Å². The molecule has 98 valence electrons. The van der Waals surface area contributed by atoms with E-state index in [-0.39, 0.29) is 12.1 Å². The predicted octanol–water partition coefficient (Wildman–Crippen LogP) is 1.47. The van der Waals surface area contributed by atoms with E-state index >= 15 is 0 Å². The lowest BCUT2D eigenvalue weighted by Gasteiger charge is -2.17. The average Bonchev–Trinajstić information content (AvgIpc) is 2.54. The molecule has 0 aromatic heterocycles. The molecule has 5 nitrogen and oxygen atoms in total. The molecule has 0 atom stereocenters. The van der Waals surface area contributed by atoms with Crippen molar-refractivity contribution in [3.63, 3.8) is 0 Å². The molecule has 1 amide bonds. The smallest absolute Gasteiger partial charge is 0.332 e. The highest BCUT2D eigenvalue weighted by Gasteiger charge is 2.37. The summed E-state index contributed by atoms with van der Waals surface area (Å²) in [6.07, 6.45) is 0. The molecule has 2 rings (SSSR count). The van der Waals surface area contributed by atoms with Gasteiger partial charge in [-0.3, -0.25) is 9.59 Å². The Balaban J connectivity index is 2.50. The normalized spacial score (nSPS) is 13.7. The fraction of sp³-hybridized carbons (Fsp3) is 0.214. The van der Waals surface area contributed by atoms with Gasteiger partial charge in [-0.1, -0.05) is 12.6 Å². The Labute approximate surface area is 110 Å². The Bertz CT molecular complexity index is 631. The fourth-order valence-corrected chi connectivity index (χ4v) is 2.21. The number of carboxylic acids is 1. The molecule has 0 fully saturated rings. The number of carboxylic acid groups (broad SMARTS) is 1. The van der Waals surface area contributed by atoms with E-state index < -0.39 is 17.7 Å². The third-order valence-electron chi connectivity index (χ3n) is 3.07. The Morgan fingerprint density at radius 3 is 2.53 bits per heavy atom. The first-order chi connectivity index (χ1) is 8.82. The van der Waals surface area contributed by atoms with E-state index in [9.17, 15) is 14.4 Å². The van der Waals surface area contributed by atoms with Crippen LogP contribution in [0, 0.1) is 13.8 Å². The monoisotopic (exact) mass is 259 g/mol. The minimum Gasteiger partial charge on any atom is -0.478 e. The Morgan fingerprint density at radius 1 is 1.32 bits per heavy atom. The van der Waals surface area contributed by atoms with Gasteiger partial charge in [-0.2, -0.15) is 0 Å². The molecule has 0 saturated heterocycles. The Morgan fingerprint density at radius 2 is 1.95 bits per heavy atom. The lowest BCUT2D eigenvalue weighted by atomic mass is 10.0. The van der Waals surface area contributed by atoms with Crippen LogP contribution in [0.4, 0.5) is 5.69 Å². The number of ketones is 1. The van der Waals surface area contributed by atoms with Gasteiger partial charge < -0.3 is 10.0 Å². The number of aryl methyl sites for hydroxylation is 2.